The molecule has 0 heterocycles. The van der Waals surface area contributed by atoms with Gasteiger partial charge in [-0.05, 0) is 42.0 Å². The van der Waals surface area contributed by atoms with Crippen molar-refractivity contribution in [2.75, 3.05) is 5.32 Å². The Morgan fingerprint density at radius 3 is 2.15 bits per heavy atom. The molecule has 5 N–H and O–H groups in total. The fourth-order valence-corrected chi connectivity index (χ4v) is 2.32. The number of hydrogen-bond donors (Lipinski definition) is 5. The minimum absolute atomic E-state index is 0.112. The second kappa shape index (κ2) is 8.63. The Labute approximate surface area is 149 Å². The highest BCUT2D eigenvalue weighted by atomic mass is 16.5. The van der Waals surface area contributed by atoms with E-state index in [1.165, 1.54) is 48.8 Å². The number of nitrogens with one attached hydrogen (secondary N) is 3. The molecular formula is C18H19N3O5. The van der Waals surface area contributed by atoms with Crippen LogP contribution in [0.2, 0.25) is 0 Å². The highest BCUT2D eigenvalue weighted by molar-refractivity contribution is 5.98. The van der Waals surface area contributed by atoms with E-state index in [9.17, 15) is 19.5 Å². The molecule has 2 rings (SSSR count). The largest absolute Gasteiger partial charge is 0.508 e. The monoisotopic (exact) mass is 357 g/mol. The summed E-state index contributed by atoms with van der Waals surface area (Å²) in [5.41, 5.74) is 2.96. The smallest absolute Gasteiger partial charge is 0.274 e. The molecule has 0 aliphatic rings. The van der Waals surface area contributed by atoms with Crippen molar-refractivity contribution in [1.82, 2.24) is 10.8 Å². The van der Waals surface area contributed by atoms with Crippen molar-refractivity contribution in [3.63, 3.8) is 0 Å². The Hall–Kier alpha value is -3.39. The van der Waals surface area contributed by atoms with Gasteiger partial charge in [0.05, 0.1) is 0 Å². The second-order valence-electron chi connectivity index (χ2n) is 5.63. The standard InChI is InChI=1S/C18H19N3O5/c1-11(22)19-16(10-12-2-8-15(23)9-3-12)18(25)20-14-6-4-13(5-7-14)17(24)21-26/h2-9,16,23,26H,10H2,1H3,(H,19,22)(H,20,25)(H,21,24)/t16-/m0/s1. The van der Waals surface area contributed by atoms with Gasteiger partial charge in [0, 0.05) is 24.6 Å². The van der Waals surface area contributed by atoms with Gasteiger partial charge in [-0.3, -0.25) is 19.6 Å². The van der Waals surface area contributed by atoms with Crippen LogP contribution in [0.5, 0.6) is 5.75 Å². The number of hydroxylamine groups is 1. The number of aromatic hydroxyl groups is 1. The zero-order valence-corrected chi connectivity index (χ0v) is 14.0. The number of hydrogen-bond acceptors (Lipinski definition) is 5. The van der Waals surface area contributed by atoms with E-state index in [1.807, 2.05) is 0 Å². The van der Waals surface area contributed by atoms with E-state index in [0.717, 1.165) is 5.56 Å². The summed E-state index contributed by atoms with van der Waals surface area (Å²) in [6, 6.07) is 11.4. The summed E-state index contributed by atoms with van der Waals surface area (Å²) >= 11 is 0. The van der Waals surface area contributed by atoms with E-state index in [2.05, 4.69) is 10.6 Å². The number of phenolic OH excluding ortho intramolecular Hbond substituents is 1. The van der Waals surface area contributed by atoms with Crippen molar-refractivity contribution in [3.8, 4) is 5.75 Å². The van der Waals surface area contributed by atoms with Crippen molar-refractivity contribution >= 4 is 23.4 Å². The maximum absolute atomic E-state index is 12.5. The average molecular weight is 357 g/mol. The van der Waals surface area contributed by atoms with Gasteiger partial charge in [0.2, 0.25) is 11.8 Å². The highest BCUT2D eigenvalue weighted by Crippen LogP contribution is 2.14. The van der Waals surface area contributed by atoms with Crippen LogP contribution >= 0.6 is 0 Å². The quantitative estimate of drug-likeness (QED) is 0.392. The van der Waals surface area contributed by atoms with Gasteiger partial charge in [-0.25, -0.2) is 5.48 Å². The third kappa shape index (κ3) is 5.32. The Bertz CT molecular complexity index is 787. The first-order chi connectivity index (χ1) is 12.4. The first-order valence-corrected chi connectivity index (χ1v) is 7.79. The van der Waals surface area contributed by atoms with Gasteiger partial charge < -0.3 is 15.7 Å². The first kappa shape index (κ1) is 18.9. The Morgan fingerprint density at radius 1 is 1.00 bits per heavy atom. The number of anilines is 1. The number of amides is 3. The van der Waals surface area contributed by atoms with Gasteiger partial charge in [-0.1, -0.05) is 12.1 Å². The van der Waals surface area contributed by atoms with Gasteiger partial charge in [0.1, 0.15) is 11.8 Å². The van der Waals surface area contributed by atoms with Gasteiger partial charge in [0.25, 0.3) is 5.91 Å². The lowest BCUT2D eigenvalue weighted by Gasteiger charge is -2.18. The fourth-order valence-electron chi connectivity index (χ4n) is 2.32. The molecule has 0 spiro atoms. The highest BCUT2D eigenvalue weighted by Gasteiger charge is 2.20. The van der Waals surface area contributed by atoms with Crippen LogP contribution < -0.4 is 16.1 Å². The third-order valence-corrected chi connectivity index (χ3v) is 3.59. The summed E-state index contributed by atoms with van der Waals surface area (Å²) in [5, 5.41) is 23.2. The summed E-state index contributed by atoms with van der Waals surface area (Å²) in [6.07, 6.45) is 0.247. The fraction of sp³-hybridized carbons (Fsp3) is 0.167. The van der Waals surface area contributed by atoms with Crippen LogP contribution in [0.15, 0.2) is 48.5 Å². The molecule has 0 saturated carbocycles. The van der Waals surface area contributed by atoms with E-state index < -0.39 is 17.9 Å². The zero-order chi connectivity index (χ0) is 19.1. The lowest BCUT2D eigenvalue weighted by Crippen LogP contribution is -2.44. The van der Waals surface area contributed by atoms with E-state index in [1.54, 1.807) is 12.1 Å². The number of carbonyl (C=O) groups is 3. The third-order valence-electron chi connectivity index (χ3n) is 3.59. The molecule has 0 aliphatic carbocycles. The predicted molar refractivity (Wildman–Crippen MR) is 93.7 cm³/mol. The van der Waals surface area contributed by atoms with E-state index in [0.29, 0.717) is 5.69 Å². The lowest BCUT2D eigenvalue weighted by molar-refractivity contribution is -0.125. The molecule has 0 unspecified atom stereocenters. The van der Waals surface area contributed by atoms with Gasteiger partial charge in [-0.15, -0.1) is 0 Å². The van der Waals surface area contributed by atoms with Crippen molar-refractivity contribution < 1.29 is 24.7 Å². The molecule has 0 aliphatic heterocycles. The van der Waals surface area contributed by atoms with Crippen LogP contribution in [0.3, 0.4) is 0 Å². The maximum Gasteiger partial charge on any atom is 0.274 e. The van der Waals surface area contributed by atoms with Gasteiger partial charge in [-0.2, -0.15) is 0 Å². The maximum atomic E-state index is 12.5. The molecule has 8 heteroatoms. The summed E-state index contributed by atoms with van der Waals surface area (Å²) in [7, 11) is 0. The lowest BCUT2D eigenvalue weighted by atomic mass is 10.0. The molecule has 0 fully saturated rings. The molecule has 1 atom stereocenters. The molecule has 0 aromatic heterocycles. The molecule has 0 saturated heterocycles. The van der Waals surface area contributed by atoms with Crippen molar-refractivity contribution in [1.29, 1.82) is 0 Å². The SMILES string of the molecule is CC(=O)N[C@@H](Cc1ccc(O)cc1)C(=O)Nc1ccc(C(=O)NO)cc1. The van der Waals surface area contributed by atoms with Crippen LogP contribution in [0.4, 0.5) is 5.69 Å². The summed E-state index contributed by atoms with van der Waals surface area (Å²) in [4.78, 5) is 35.2. The van der Waals surface area contributed by atoms with E-state index >= 15 is 0 Å². The molecule has 26 heavy (non-hydrogen) atoms. The molecular weight excluding hydrogens is 338 g/mol. The van der Waals surface area contributed by atoms with Crippen LogP contribution in [0, 0.1) is 0 Å². The van der Waals surface area contributed by atoms with Crippen LogP contribution in [-0.2, 0) is 16.0 Å². The number of carbonyl (C=O) groups excluding carboxylic acids is 3. The van der Waals surface area contributed by atoms with Crippen LogP contribution in [0.25, 0.3) is 0 Å². The van der Waals surface area contributed by atoms with Crippen molar-refractivity contribution in [2.45, 2.75) is 19.4 Å². The van der Waals surface area contributed by atoms with Crippen LogP contribution in [0.1, 0.15) is 22.8 Å². The predicted octanol–water partition coefficient (Wildman–Crippen LogP) is 1.20. The molecule has 0 radical (unpaired) electrons. The Morgan fingerprint density at radius 2 is 1.62 bits per heavy atom. The Balaban J connectivity index is 2.09. The topological polar surface area (TPSA) is 128 Å². The number of rotatable bonds is 6. The normalized spacial score (nSPS) is 11.3. The molecule has 3 amide bonds. The zero-order valence-electron chi connectivity index (χ0n) is 14.0. The van der Waals surface area contributed by atoms with Gasteiger partial charge >= 0.3 is 0 Å². The minimum Gasteiger partial charge on any atom is -0.508 e. The average Bonchev–Trinajstić information content (AvgIpc) is 2.62. The molecule has 2 aromatic rings. The van der Waals surface area contributed by atoms with E-state index in [4.69, 9.17) is 5.21 Å². The number of phenols is 1. The van der Waals surface area contributed by atoms with Gasteiger partial charge in [0.15, 0.2) is 0 Å². The van der Waals surface area contributed by atoms with E-state index in [-0.39, 0.29) is 23.6 Å². The van der Waals surface area contributed by atoms with Crippen LogP contribution in [-0.4, -0.2) is 34.1 Å². The summed E-state index contributed by atoms with van der Waals surface area (Å²) in [5.74, 6) is -1.32. The van der Waals surface area contributed by atoms with Crippen molar-refractivity contribution in [3.05, 3.63) is 59.7 Å². The van der Waals surface area contributed by atoms with Crippen molar-refractivity contribution in [2.24, 2.45) is 0 Å². The summed E-state index contributed by atoms with van der Waals surface area (Å²) < 4.78 is 0. The Kier molecular flexibility index (Phi) is 6.29. The second-order valence-corrected chi connectivity index (χ2v) is 5.63. The molecule has 136 valence electrons. The molecule has 0 bridgehead atoms. The number of benzene rings is 2. The summed E-state index contributed by atoms with van der Waals surface area (Å²) in [6.45, 7) is 1.32. The minimum atomic E-state index is -0.808. The molecule has 2 aromatic carbocycles. The first-order valence-electron chi connectivity index (χ1n) is 7.79. The molecule has 8 nitrogen and oxygen atoms in total.